The van der Waals surface area contributed by atoms with E-state index in [0.717, 1.165) is 30.6 Å². The molecule has 0 saturated carbocycles. The van der Waals surface area contributed by atoms with E-state index in [1.165, 1.54) is 0 Å². The Balaban J connectivity index is 1.36. The lowest BCUT2D eigenvalue weighted by molar-refractivity contribution is -0.146. The van der Waals surface area contributed by atoms with E-state index < -0.39 is 31.6 Å². The summed E-state index contributed by atoms with van der Waals surface area (Å²) in [6.45, 7) is 7.64. The van der Waals surface area contributed by atoms with Gasteiger partial charge in [-0.3, -0.25) is 14.3 Å². The number of nitrogens with one attached hydrogen (secondary N) is 2. The first kappa shape index (κ1) is 31.5. The SMILES string of the molecule is C[C@H]1[C@H]([Si](C)(C)F)[C@@H](CCn2cc(CCO)nn2)O[C@]12C(=O)N(Cc1ccccc1)c1ccc(NC(=O)C3CCCNC3)cc12. The number of benzene rings is 2. The number of fused-ring (bicyclic) bond motifs is 2. The average Bonchev–Trinajstić information content (AvgIpc) is 3.67. The van der Waals surface area contributed by atoms with E-state index >= 15 is 4.11 Å². The van der Waals surface area contributed by atoms with Gasteiger partial charge in [0, 0.05) is 55.0 Å². The molecule has 2 fully saturated rings. The molecule has 3 N–H and O–H groups in total. The molecule has 3 aliphatic heterocycles. The number of carbonyl (C=O) groups excluding carboxylic acids is 2. The van der Waals surface area contributed by atoms with Crippen molar-refractivity contribution < 1.29 is 23.5 Å². The summed E-state index contributed by atoms with van der Waals surface area (Å²) in [5, 5.41) is 23.9. The van der Waals surface area contributed by atoms with Gasteiger partial charge >= 0.3 is 0 Å². The van der Waals surface area contributed by atoms with Gasteiger partial charge in [-0.15, -0.1) is 5.10 Å². The fourth-order valence-corrected chi connectivity index (χ4v) is 10.1. The minimum Gasteiger partial charge on any atom is -0.396 e. The van der Waals surface area contributed by atoms with Crippen molar-refractivity contribution >= 4 is 31.6 Å². The van der Waals surface area contributed by atoms with Gasteiger partial charge < -0.3 is 29.5 Å². The van der Waals surface area contributed by atoms with Gasteiger partial charge in [0.1, 0.15) is 0 Å². The average molecular weight is 635 g/mol. The molecule has 10 nitrogen and oxygen atoms in total. The topological polar surface area (TPSA) is 122 Å². The van der Waals surface area contributed by atoms with E-state index in [9.17, 15) is 14.7 Å². The highest BCUT2D eigenvalue weighted by atomic mass is 28.4. The molecule has 6 rings (SSSR count). The van der Waals surface area contributed by atoms with E-state index in [1.807, 2.05) is 55.5 Å². The van der Waals surface area contributed by atoms with Crippen molar-refractivity contribution in [2.45, 2.75) is 76.0 Å². The second-order valence-corrected chi connectivity index (χ2v) is 16.9. The zero-order chi connectivity index (χ0) is 31.8. The number of nitrogens with zero attached hydrogens (tertiary/aromatic N) is 4. The third-order valence-corrected chi connectivity index (χ3v) is 12.1. The summed E-state index contributed by atoms with van der Waals surface area (Å²) < 4.78 is 24.9. The molecule has 1 unspecified atom stereocenters. The van der Waals surface area contributed by atoms with Crippen molar-refractivity contribution in [3.05, 3.63) is 71.5 Å². The molecule has 5 atom stereocenters. The fraction of sp³-hybridized carbons (Fsp3) is 0.515. The monoisotopic (exact) mass is 634 g/mol. The Morgan fingerprint density at radius 3 is 2.76 bits per heavy atom. The van der Waals surface area contributed by atoms with Crippen LogP contribution in [-0.2, 0) is 39.4 Å². The lowest BCUT2D eigenvalue weighted by Crippen LogP contribution is -2.45. The van der Waals surface area contributed by atoms with E-state index in [-0.39, 0.29) is 24.3 Å². The van der Waals surface area contributed by atoms with Crippen LogP contribution < -0.4 is 15.5 Å². The second-order valence-electron chi connectivity index (χ2n) is 13.1. The van der Waals surface area contributed by atoms with E-state index in [2.05, 4.69) is 20.9 Å². The molecule has 45 heavy (non-hydrogen) atoms. The normalized spacial score (nSPS) is 26.4. The van der Waals surface area contributed by atoms with Crippen LogP contribution >= 0.6 is 0 Å². The van der Waals surface area contributed by atoms with Crippen molar-refractivity contribution in [3.8, 4) is 0 Å². The van der Waals surface area contributed by atoms with Gasteiger partial charge in [0.25, 0.3) is 5.91 Å². The van der Waals surface area contributed by atoms with Crippen LogP contribution in [0, 0.1) is 11.8 Å². The molecule has 3 aromatic rings. The molecule has 12 heteroatoms. The Bertz CT molecular complexity index is 1520. The van der Waals surface area contributed by atoms with Gasteiger partial charge in [0.2, 0.25) is 14.3 Å². The predicted molar refractivity (Wildman–Crippen MR) is 172 cm³/mol. The number of aryl methyl sites for hydroxylation is 1. The first-order valence-corrected chi connectivity index (χ1v) is 19.0. The highest BCUT2D eigenvalue weighted by molar-refractivity contribution is 6.72. The molecule has 240 valence electrons. The van der Waals surface area contributed by atoms with Crippen molar-refractivity contribution in [3.63, 3.8) is 0 Å². The Labute approximate surface area is 264 Å². The molecule has 2 saturated heterocycles. The molecule has 0 radical (unpaired) electrons. The number of piperidine rings is 1. The number of rotatable bonds is 10. The predicted octanol–water partition coefficient (Wildman–Crippen LogP) is 4.16. The van der Waals surface area contributed by atoms with Gasteiger partial charge in [-0.25, -0.2) is 0 Å². The number of anilines is 2. The summed E-state index contributed by atoms with van der Waals surface area (Å²) in [5.74, 6) is -0.829. The highest BCUT2D eigenvalue weighted by Crippen LogP contribution is 2.60. The van der Waals surface area contributed by atoms with Crippen molar-refractivity contribution in [1.29, 1.82) is 0 Å². The van der Waals surface area contributed by atoms with Gasteiger partial charge in [0.05, 0.1) is 29.9 Å². The molecular weight excluding hydrogens is 591 g/mol. The zero-order valence-corrected chi connectivity index (χ0v) is 27.2. The first-order chi connectivity index (χ1) is 21.6. The third-order valence-electron chi connectivity index (χ3n) is 9.68. The van der Waals surface area contributed by atoms with Crippen molar-refractivity contribution in [2.75, 3.05) is 29.9 Å². The van der Waals surface area contributed by atoms with E-state index in [4.69, 9.17) is 4.74 Å². The number of aliphatic hydroxyl groups is 1. The van der Waals surface area contributed by atoms with Crippen LogP contribution in [0.25, 0.3) is 0 Å². The summed E-state index contributed by atoms with van der Waals surface area (Å²) in [5.41, 5.74) is 1.79. The Morgan fingerprint density at radius 1 is 1.24 bits per heavy atom. The molecule has 4 heterocycles. The van der Waals surface area contributed by atoms with Crippen LogP contribution in [0.1, 0.15) is 43.0 Å². The van der Waals surface area contributed by atoms with Crippen LogP contribution in [0.15, 0.2) is 54.7 Å². The number of ether oxygens (including phenoxy) is 1. The summed E-state index contributed by atoms with van der Waals surface area (Å²) in [6.07, 6.45) is 3.88. The standard InChI is InChI=1S/C33H43FN6O4Si/c1-22-30(45(2,3)34)29(13-16-39-21-26(14-17-41)37-38-39)44-33(22)27-18-25(36-31(42)24-10-7-15-35-19-24)11-12-28(27)40(32(33)43)20-23-8-5-4-6-9-23/h4-6,8-9,11-12,18,21-22,24,29-30,35,41H,7,10,13-17,19-20H2,1-3H3,(H,36,42)/t22-,24?,29+,30-,33+/m0/s1. The molecule has 3 aliphatic rings. The third kappa shape index (κ3) is 6.08. The minimum atomic E-state index is -3.35. The largest absolute Gasteiger partial charge is 0.396 e. The van der Waals surface area contributed by atoms with Gasteiger partial charge in [-0.1, -0.05) is 42.5 Å². The number of hydrogen-bond donors (Lipinski definition) is 3. The van der Waals surface area contributed by atoms with Gasteiger partial charge in [0.15, 0.2) is 5.60 Å². The summed E-state index contributed by atoms with van der Waals surface area (Å²) in [6, 6.07) is 15.4. The zero-order valence-electron chi connectivity index (χ0n) is 26.2. The first-order valence-electron chi connectivity index (χ1n) is 16.0. The van der Waals surface area contributed by atoms with E-state index in [0.29, 0.717) is 49.4 Å². The fourth-order valence-electron chi connectivity index (χ4n) is 7.57. The molecule has 0 aliphatic carbocycles. The van der Waals surface area contributed by atoms with Crippen LogP contribution in [0.5, 0.6) is 0 Å². The Morgan fingerprint density at radius 2 is 2.04 bits per heavy atom. The summed E-state index contributed by atoms with van der Waals surface area (Å²) in [7, 11) is -3.35. The number of carbonyl (C=O) groups is 2. The molecule has 1 aromatic heterocycles. The van der Waals surface area contributed by atoms with Gasteiger partial charge in [-0.2, -0.15) is 0 Å². The number of hydrogen-bond acceptors (Lipinski definition) is 7. The maximum atomic E-state index is 16.3. The Hall–Kier alpha value is -3.45. The lowest BCUT2D eigenvalue weighted by Gasteiger charge is -2.31. The van der Waals surface area contributed by atoms with E-state index in [1.54, 1.807) is 28.9 Å². The maximum Gasteiger partial charge on any atom is 0.264 e. The van der Waals surface area contributed by atoms with Crippen LogP contribution in [-0.4, -0.2) is 66.1 Å². The molecule has 0 bridgehead atoms. The van der Waals surface area contributed by atoms with Crippen LogP contribution in [0.2, 0.25) is 18.6 Å². The highest BCUT2D eigenvalue weighted by Gasteiger charge is 2.66. The molecular formula is C33H43FN6O4Si. The quantitative estimate of drug-likeness (QED) is 0.226. The molecule has 2 aromatic carbocycles. The maximum absolute atomic E-state index is 16.3. The summed E-state index contributed by atoms with van der Waals surface area (Å²) >= 11 is 0. The number of amides is 2. The molecule has 1 spiro atoms. The van der Waals surface area contributed by atoms with Crippen molar-refractivity contribution in [1.82, 2.24) is 20.3 Å². The minimum absolute atomic E-state index is 0.0187. The second kappa shape index (κ2) is 12.7. The smallest absolute Gasteiger partial charge is 0.264 e. The lowest BCUT2D eigenvalue weighted by atomic mass is 9.82. The van der Waals surface area contributed by atoms with Crippen LogP contribution in [0.3, 0.4) is 0 Å². The molecule has 2 amide bonds. The van der Waals surface area contributed by atoms with Crippen molar-refractivity contribution in [2.24, 2.45) is 11.8 Å². The number of aromatic nitrogens is 3. The Kier molecular flexibility index (Phi) is 8.93. The van der Waals surface area contributed by atoms with Gasteiger partial charge in [-0.05, 0) is 62.7 Å². The number of aliphatic hydroxyl groups excluding tert-OH is 1. The number of halogens is 1. The van der Waals surface area contributed by atoms with Crippen LogP contribution in [0.4, 0.5) is 15.5 Å². The summed E-state index contributed by atoms with van der Waals surface area (Å²) in [4.78, 5) is 29.6.